The van der Waals surface area contributed by atoms with Gasteiger partial charge in [-0.3, -0.25) is 4.68 Å². The molecule has 0 unspecified atom stereocenters. The zero-order chi connectivity index (χ0) is 13.8. The van der Waals surface area contributed by atoms with Crippen LogP contribution < -0.4 is 5.32 Å². The summed E-state index contributed by atoms with van der Waals surface area (Å²) in [4.78, 5) is 0. The van der Waals surface area contributed by atoms with Crippen molar-refractivity contribution in [2.45, 2.75) is 47.0 Å². The number of aryl methyl sites for hydroxylation is 2. The average molecular weight is 272 g/mol. The lowest BCUT2D eigenvalue weighted by molar-refractivity contribution is 0.318. The van der Waals surface area contributed by atoms with Crippen LogP contribution in [-0.2, 0) is 13.5 Å². The fourth-order valence-electron chi connectivity index (χ4n) is 2.14. The van der Waals surface area contributed by atoms with E-state index in [0.29, 0.717) is 0 Å². The molecule has 3 nitrogen and oxygen atoms in total. The SMILES string of the molecule is CCCNCCC(C)(C)Cc1c(Cl)c(C)nn1C. The van der Waals surface area contributed by atoms with Crippen molar-refractivity contribution >= 4 is 11.6 Å². The Bertz CT molecular complexity index is 383. The first-order chi connectivity index (χ1) is 8.37. The first kappa shape index (κ1) is 15.5. The van der Waals surface area contributed by atoms with Gasteiger partial charge in [-0.05, 0) is 44.7 Å². The van der Waals surface area contributed by atoms with Crippen molar-refractivity contribution < 1.29 is 0 Å². The van der Waals surface area contributed by atoms with E-state index in [1.807, 2.05) is 18.7 Å². The first-order valence-corrected chi connectivity index (χ1v) is 7.14. The van der Waals surface area contributed by atoms with Gasteiger partial charge >= 0.3 is 0 Å². The number of hydrogen-bond donors (Lipinski definition) is 1. The van der Waals surface area contributed by atoms with E-state index in [4.69, 9.17) is 11.6 Å². The van der Waals surface area contributed by atoms with Crippen LogP contribution in [0.5, 0.6) is 0 Å². The van der Waals surface area contributed by atoms with Crippen LogP contribution in [0.15, 0.2) is 0 Å². The highest BCUT2D eigenvalue weighted by atomic mass is 35.5. The topological polar surface area (TPSA) is 29.9 Å². The molecule has 4 heteroatoms. The zero-order valence-electron chi connectivity index (χ0n) is 12.3. The van der Waals surface area contributed by atoms with Gasteiger partial charge in [-0.2, -0.15) is 5.10 Å². The Hall–Kier alpha value is -0.540. The minimum absolute atomic E-state index is 0.241. The highest BCUT2D eigenvalue weighted by Gasteiger charge is 2.22. The number of nitrogens with one attached hydrogen (secondary N) is 1. The lowest BCUT2D eigenvalue weighted by Crippen LogP contribution is -2.25. The molecule has 0 aliphatic carbocycles. The molecule has 1 aromatic heterocycles. The summed E-state index contributed by atoms with van der Waals surface area (Å²) in [5, 5.41) is 8.66. The third-order valence-electron chi connectivity index (χ3n) is 3.31. The minimum atomic E-state index is 0.241. The number of halogens is 1. The summed E-state index contributed by atoms with van der Waals surface area (Å²) < 4.78 is 1.92. The van der Waals surface area contributed by atoms with E-state index in [-0.39, 0.29) is 5.41 Å². The lowest BCUT2D eigenvalue weighted by Gasteiger charge is -2.25. The molecule has 0 saturated heterocycles. The molecule has 0 aromatic carbocycles. The van der Waals surface area contributed by atoms with E-state index in [2.05, 4.69) is 31.2 Å². The van der Waals surface area contributed by atoms with Crippen LogP contribution in [0.4, 0.5) is 0 Å². The van der Waals surface area contributed by atoms with Crippen molar-refractivity contribution in [1.82, 2.24) is 15.1 Å². The van der Waals surface area contributed by atoms with Gasteiger partial charge in [0.1, 0.15) is 0 Å². The quantitative estimate of drug-likeness (QED) is 0.771. The summed E-state index contributed by atoms with van der Waals surface area (Å²) >= 11 is 6.30. The number of nitrogens with zero attached hydrogens (tertiary/aromatic N) is 2. The third-order valence-corrected chi connectivity index (χ3v) is 3.80. The minimum Gasteiger partial charge on any atom is -0.317 e. The zero-order valence-corrected chi connectivity index (χ0v) is 13.1. The Kier molecular flexibility index (Phi) is 5.67. The number of hydrogen-bond acceptors (Lipinski definition) is 2. The summed E-state index contributed by atoms with van der Waals surface area (Å²) in [6.45, 7) is 10.9. The summed E-state index contributed by atoms with van der Waals surface area (Å²) in [5.74, 6) is 0. The largest absolute Gasteiger partial charge is 0.317 e. The van der Waals surface area contributed by atoms with Crippen LogP contribution in [0, 0.1) is 12.3 Å². The maximum absolute atomic E-state index is 6.30. The van der Waals surface area contributed by atoms with Crippen LogP contribution in [-0.4, -0.2) is 22.9 Å². The van der Waals surface area contributed by atoms with Crippen molar-refractivity contribution in [3.63, 3.8) is 0 Å². The van der Waals surface area contributed by atoms with Crippen LogP contribution in [0.1, 0.15) is 45.0 Å². The molecule has 1 N–H and O–H groups in total. The molecule has 18 heavy (non-hydrogen) atoms. The van der Waals surface area contributed by atoms with Gasteiger partial charge in [0.05, 0.1) is 16.4 Å². The van der Waals surface area contributed by atoms with Crippen molar-refractivity contribution in [3.05, 3.63) is 16.4 Å². The maximum Gasteiger partial charge on any atom is 0.0847 e. The fraction of sp³-hybridized carbons (Fsp3) is 0.786. The predicted molar refractivity (Wildman–Crippen MR) is 78.2 cm³/mol. The second kappa shape index (κ2) is 6.58. The van der Waals surface area contributed by atoms with Crippen molar-refractivity contribution in [2.24, 2.45) is 12.5 Å². The molecule has 0 saturated carbocycles. The van der Waals surface area contributed by atoms with Gasteiger partial charge in [-0.15, -0.1) is 0 Å². The molecule has 0 radical (unpaired) electrons. The third kappa shape index (κ3) is 4.29. The van der Waals surface area contributed by atoms with Crippen LogP contribution in [0.2, 0.25) is 5.02 Å². The van der Waals surface area contributed by atoms with Crippen molar-refractivity contribution in [2.75, 3.05) is 13.1 Å². The smallest absolute Gasteiger partial charge is 0.0847 e. The Morgan fingerprint density at radius 2 is 2.00 bits per heavy atom. The van der Waals surface area contributed by atoms with Gasteiger partial charge in [0.15, 0.2) is 0 Å². The Morgan fingerprint density at radius 3 is 2.50 bits per heavy atom. The average Bonchev–Trinajstić information content (AvgIpc) is 2.51. The van der Waals surface area contributed by atoms with Crippen molar-refractivity contribution in [3.8, 4) is 0 Å². The molecule has 1 aromatic rings. The van der Waals surface area contributed by atoms with E-state index in [1.54, 1.807) is 0 Å². The van der Waals surface area contributed by atoms with Gasteiger partial charge < -0.3 is 5.32 Å². The van der Waals surface area contributed by atoms with E-state index in [1.165, 1.54) is 6.42 Å². The first-order valence-electron chi connectivity index (χ1n) is 6.76. The summed E-state index contributed by atoms with van der Waals surface area (Å²) in [6.07, 6.45) is 3.30. The van der Waals surface area contributed by atoms with Gasteiger partial charge in [-0.25, -0.2) is 0 Å². The molecule has 1 rings (SSSR count). The molecule has 0 aliphatic heterocycles. The van der Waals surface area contributed by atoms with E-state index < -0.39 is 0 Å². The Labute approximate surface area is 116 Å². The summed E-state index contributed by atoms with van der Waals surface area (Å²) in [6, 6.07) is 0. The molecule has 0 atom stereocenters. The molecule has 0 fully saturated rings. The van der Waals surface area contributed by atoms with Gasteiger partial charge in [-0.1, -0.05) is 32.4 Å². The molecule has 1 heterocycles. The maximum atomic E-state index is 6.30. The normalized spacial score (nSPS) is 12.1. The summed E-state index contributed by atoms with van der Waals surface area (Å²) in [7, 11) is 1.97. The Balaban J connectivity index is 2.58. The second-order valence-electron chi connectivity index (χ2n) is 5.81. The highest BCUT2D eigenvalue weighted by molar-refractivity contribution is 6.31. The molecular formula is C14H26ClN3. The number of aromatic nitrogens is 2. The summed E-state index contributed by atoms with van der Waals surface area (Å²) in [5.41, 5.74) is 2.31. The molecule has 0 amide bonds. The molecule has 0 bridgehead atoms. The Morgan fingerprint density at radius 1 is 1.33 bits per heavy atom. The standard InChI is InChI=1S/C14H26ClN3/c1-6-8-16-9-7-14(3,4)10-12-13(15)11(2)17-18(12)5/h16H,6-10H2,1-5H3. The molecule has 0 aliphatic rings. The lowest BCUT2D eigenvalue weighted by atomic mass is 9.84. The predicted octanol–water partition coefficient (Wildman–Crippen LogP) is 3.34. The van der Waals surface area contributed by atoms with Crippen LogP contribution in [0.3, 0.4) is 0 Å². The van der Waals surface area contributed by atoms with Gasteiger partial charge in [0.25, 0.3) is 0 Å². The van der Waals surface area contributed by atoms with Crippen LogP contribution >= 0.6 is 11.6 Å². The van der Waals surface area contributed by atoms with E-state index >= 15 is 0 Å². The number of rotatable bonds is 7. The highest BCUT2D eigenvalue weighted by Crippen LogP contribution is 2.30. The molecule has 104 valence electrons. The van der Waals surface area contributed by atoms with Crippen molar-refractivity contribution in [1.29, 1.82) is 0 Å². The second-order valence-corrected chi connectivity index (χ2v) is 6.19. The van der Waals surface area contributed by atoms with Crippen LogP contribution in [0.25, 0.3) is 0 Å². The molecule has 0 spiro atoms. The van der Waals surface area contributed by atoms with Gasteiger partial charge in [0.2, 0.25) is 0 Å². The van der Waals surface area contributed by atoms with E-state index in [9.17, 15) is 0 Å². The van der Waals surface area contributed by atoms with E-state index in [0.717, 1.165) is 42.3 Å². The monoisotopic (exact) mass is 271 g/mol. The molecular weight excluding hydrogens is 246 g/mol. The van der Waals surface area contributed by atoms with Gasteiger partial charge in [0, 0.05) is 7.05 Å². The fourth-order valence-corrected chi connectivity index (χ4v) is 2.37.